The van der Waals surface area contributed by atoms with Gasteiger partial charge in [0.1, 0.15) is 18.2 Å². The molecule has 2 N–H and O–H groups in total. The fraction of sp³-hybridized carbons (Fsp3) is 0.438. The summed E-state index contributed by atoms with van der Waals surface area (Å²) in [5, 5.41) is 0. The number of ether oxygens (including phenoxy) is 1. The lowest BCUT2D eigenvalue weighted by molar-refractivity contribution is -0.150. The lowest BCUT2D eigenvalue weighted by Gasteiger charge is -2.22. The molecule has 0 amide bonds. The summed E-state index contributed by atoms with van der Waals surface area (Å²) in [5.41, 5.74) is 6.81. The van der Waals surface area contributed by atoms with Crippen LogP contribution in [0.15, 0.2) is 30.3 Å². The number of rotatable bonds is 5. The zero-order valence-electron chi connectivity index (χ0n) is 12.0. The SMILES string of the molecule is CC(C(=O)OCc1ccccc1)[C@H](N)C1C(=O)CCC1=O. The lowest BCUT2D eigenvalue weighted by Crippen LogP contribution is -2.44. The fourth-order valence-electron chi connectivity index (χ4n) is 2.47. The highest BCUT2D eigenvalue weighted by molar-refractivity contribution is 6.09. The van der Waals surface area contributed by atoms with E-state index in [4.69, 9.17) is 10.5 Å². The van der Waals surface area contributed by atoms with Crippen LogP contribution in [0.1, 0.15) is 25.3 Å². The molecule has 1 aromatic rings. The van der Waals surface area contributed by atoms with Crippen LogP contribution in [-0.4, -0.2) is 23.6 Å². The molecule has 0 spiro atoms. The molecule has 0 heterocycles. The molecule has 1 aliphatic carbocycles. The average Bonchev–Trinajstić information content (AvgIpc) is 2.83. The summed E-state index contributed by atoms with van der Waals surface area (Å²) < 4.78 is 5.20. The van der Waals surface area contributed by atoms with Crippen molar-refractivity contribution in [2.75, 3.05) is 0 Å². The second-order valence-electron chi connectivity index (χ2n) is 5.37. The summed E-state index contributed by atoms with van der Waals surface area (Å²) in [6, 6.07) is 8.48. The second kappa shape index (κ2) is 6.63. The summed E-state index contributed by atoms with van der Waals surface area (Å²) in [4.78, 5) is 35.4. The maximum absolute atomic E-state index is 12.0. The molecule has 1 aromatic carbocycles. The topological polar surface area (TPSA) is 86.5 Å². The molecule has 0 bridgehead atoms. The fourth-order valence-corrected chi connectivity index (χ4v) is 2.47. The first-order valence-corrected chi connectivity index (χ1v) is 7.02. The Balaban J connectivity index is 1.92. The molecular weight excluding hydrogens is 270 g/mol. The van der Waals surface area contributed by atoms with E-state index < -0.39 is 23.8 Å². The van der Waals surface area contributed by atoms with Gasteiger partial charge in [-0.15, -0.1) is 0 Å². The van der Waals surface area contributed by atoms with E-state index in [9.17, 15) is 14.4 Å². The Kier molecular flexibility index (Phi) is 4.85. The van der Waals surface area contributed by atoms with Crippen molar-refractivity contribution < 1.29 is 19.1 Å². The Bertz CT molecular complexity index is 524. The molecule has 1 unspecified atom stereocenters. The molecule has 5 nitrogen and oxygen atoms in total. The zero-order valence-corrected chi connectivity index (χ0v) is 12.0. The molecule has 112 valence electrons. The number of nitrogens with two attached hydrogens (primary N) is 1. The van der Waals surface area contributed by atoms with E-state index in [0.717, 1.165) is 5.56 Å². The standard InChI is InChI=1S/C16H19NO4/c1-10(15(17)14-12(18)7-8-13(14)19)16(20)21-9-11-5-3-2-4-6-11/h2-6,10,14-15H,7-9,17H2,1H3/t10?,15-/m0/s1. The van der Waals surface area contributed by atoms with E-state index in [2.05, 4.69) is 0 Å². The predicted octanol–water partition coefficient (Wildman–Crippen LogP) is 1.24. The summed E-state index contributed by atoms with van der Waals surface area (Å²) in [6.45, 7) is 1.75. The van der Waals surface area contributed by atoms with Crippen LogP contribution < -0.4 is 5.73 Å². The van der Waals surface area contributed by atoms with E-state index in [1.807, 2.05) is 30.3 Å². The maximum Gasteiger partial charge on any atom is 0.310 e. The van der Waals surface area contributed by atoms with Gasteiger partial charge in [-0.1, -0.05) is 37.3 Å². The van der Waals surface area contributed by atoms with Gasteiger partial charge in [-0.3, -0.25) is 14.4 Å². The lowest BCUT2D eigenvalue weighted by atomic mass is 9.87. The molecule has 2 rings (SSSR count). The van der Waals surface area contributed by atoms with Crippen molar-refractivity contribution >= 4 is 17.5 Å². The van der Waals surface area contributed by atoms with Gasteiger partial charge in [0.05, 0.1) is 11.8 Å². The van der Waals surface area contributed by atoms with Crippen molar-refractivity contribution in [1.82, 2.24) is 0 Å². The summed E-state index contributed by atoms with van der Waals surface area (Å²) in [5.74, 6) is -2.38. The van der Waals surface area contributed by atoms with Gasteiger partial charge in [0, 0.05) is 18.9 Å². The van der Waals surface area contributed by atoms with Gasteiger partial charge >= 0.3 is 5.97 Å². The number of hydrogen-bond donors (Lipinski definition) is 1. The first kappa shape index (κ1) is 15.4. The quantitative estimate of drug-likeness (QED) is 0.651. The molecule has 0 saturated heterocycles. The minimum atomic E-state index is -0.857. The number of carbonyl (C=O) groups excluding carboxylic acids is 3. The van der Waals surface area contributed by atoms with Gasteiger partial charge < -0.3 is 10.5 Å². The first-order chi connectivity index (χ1) is 10.0. The van der Waals surface area contributed by atoms with Crippen molar-refractivity contribution in [3.05, 3.63) is 35.9 Å². The summed E-state index contributed by atoms with van der Waals surface area (Å²) in [7, 11) is 0. The minimum absolute atomic E-state index is 0.156. The van der Waals surface area contributed by atoms with Crippen LogP contribution in [0.25, 0.3) is 0 Å². The normalized spacial score (nSPS) is 18.6. The molecular formula is C16H19NO4. The molecule has 1 saturated carbocycles. The summed E-state index contributed by atoms with van der Waals surface area (Å²) >= 11 is 0. The minimum Gasteiger partial charge on any atom is -0.461 e. The molecule has 0 radical (unpaired) electrons. The molecule has 0 aromatic heterocycles. The molecule has 0 aliphatic heterocycles. The van der Waals surface area contributed by atoms with Crippen molar-refractivity contribution in [1.29, 1.82) is 0 Å². The van der Waals surface area contributed by atoms with Crippen LogP contribution in [0.5, 0.6) is 0 Å². The zero-order chi connectivity index (χ0) is 15.4. The van der Waals surface area contributed by atoms with Crippen LogP contribution in [-0.2, 0) is 25.7 Å². The highest BCUT2D eigenvalue weighted by atomic mass is 16.5. The van der Waals surface area contributed by atoms with Crippen LogP contribution in [0, 0.1) is 11.8 Å². The van der Waals surface area contributed by atoms with Crippen molar-refractivity contribution in [2.24, 2.45) is 17.6 Å². The van der Waals surface area contributed by atoms with Crippen molar-refractivity contribution in [3.63, 3.8) is 0 Å². The van der Waals surface area contributed by atoms with Gasteiger partial charge in [-0.2, -0.15) is 0 Å². The van der Waals surface area contributed by atoms with Crippen LogP contribution >= 0.6 is 0 Å². The number of carbonyl (C=O) groups is 3. The van der Waals surface area contributed by atoms with E-state index in [0.29, 0.717) is 0 Å². The second-order valence-corrected chi connectivity index (χ2v) is 5.37. The van der Waals surface area contributed by atoms with E-state index in [1.54, 1.807) is 6.92 Å². The Labute approximate surface area is 123 Å². The van der Waals surface area contributed by atoms with Gasteiger partial charge in [0.25, 0.3) is 0 Å². The molecule has 21 heavy (non-hydrogen) atoms. The molecule has 2 atom stereocenters. The third-order valence-corrected chi connectivity index (χ3v) is 3.87. The van der Waals surface area contributed by atoms with Crippen LogP contribution in [0.3, 0.4) is 0 Å². The first-order valence-electron chi connectivity index (χ1n) is 7.02. The Hall–Kier alpha value is -2.01. The molecule has 1 aliphatic rings. The number of benzene rings is 1. The molecule has 5 heteroatoms. The van der Waals surface area contributed by atoms with Gasteiger partial charge in [0.2, 0.25) is 0 Å². The number of Topliss-reactive ketones (excluding diaryl/α,β-unsaturated/α-hetero) is 2. The predicted molar refractivity (Wildman–Crippen MR) is 76.1 cm³/mol. The largest absolute Gasteiger partial charge is 0.461 e. The maximum atomic E-state index is 12.0. The van der Waals surface area contributed by atoms with E-state index in [-0.39, 0.29) is 31.0 Å². The smallest absolute Gasteiger partial charge is 0.310 e. The van der Waals surface area contributed by atoms with Gasteiger partial charge in [-0.05, 0) is 5.56 Å². The van der Waals surface area contributed by atoms with Crippen LogP contribution in [0.2, 0.25) is 0 Å². The van der Waals surface area contributed by atoms with Crippen molar-refractivity contribution in [2.45, 2.75) is 32.4 Å². The summed E-state index contributed by atoms with van der Waals surface area (Å²) in [6.07, 6.45) is 0.450. The third kappa shape index (κ3) is 3.55. The van der Waals surface area contributed by atoms with Gasteiger partial charge in [0.15, 0.2) is 0 Å². The van der Waals surface area contributed by atoms with Crippen molar-refractivity contribution in [3.8, 4) is 0 Å². The molecule has 1 fully saturated rings. The number of esters is 1. The highest BCUT2D eigenvalue weighted by Crippen LogP contribution is 2.24. The Morgan fingerprint density at radius 1 is 1.24 bits per heavy atom. The number of hydrogen-bond acceptors (Lipinski definition) is 5. The average molecular weight is 289 g/mol. The van der Waals surface area contributed by atoms with Gasteiger partial charge in [-0.25, -0.2) is 0 Å². The Morgan fingerprint density at radius 2 is 1.81 bits per heavy atom. The third-order valence-electron chi connectivity index (χ3n) is 3.87. The van der Waals surface area contributed by atoms with Crippen LogP contribution in [0.4, 0.5) is 0 Å². The Morgan fingerprint density at radius 3 is 2.38 bits per heavy atom. The van der Waals surface area contributed by atoms with E-state index >= 15 is 0 Å². The highest BCUT2D eigenvalue weighted by Gasteiger charge is 2.41. The van der Waals surface area contributed by atoms with E-state index in [1.165, 1.54) is 0 Å². The monoisotopic (exact) mass is 289 g/mol. The number of ketones is 2.